The minimum absolute atomic E-state index is 0.160. The third-order valence-electron chi connectivity index (χ3n) is 4.27. The summed E-state index contributed by atoms with van der Waals surface area (Å²) in [5.74, 6) is 0.966. The molecule has 4 aromatic rings. The average Bonchev–Trinajstić information content (AvgIpc) is 3.08. The summed E-state index contributed by atoms with van der Waals surface area (Å²) in [5, 5.41) is 10.2. The Morgan fingerprint density at radius 1 is 1.07 bits per heavy atom. The summed E-state index contributed by atoms with van der Waals surface area (Å²) < 4.78 is 1.48. The number of hydrogen-bond acceptors (Lipinski definition) is 3. The van der Waals surface area contributed by atoms with E-state index in [2.05, 4.69) is 46.8 Å². The Bertz CT molecular complexity index is 1150. The van der Waals surface area contributed by atoms with Gasteiger partial charge in [0.15, 0.2) is 0 Å². The van der Waals surface area contributed by atoms with Gasteiger partial charge in [-0.15, -0.1) is 0 Å². The average molecular weight is 485 g/mol. The number of nitrogens with one attached hydrogen (secondary N) is 1. The van der Waals surface area contributed by atoms with Crippen LogP contribution in [0.5, 0.6) is 5.75 Å². The second-order valence-corrected chi connectivity index (χ2v) is 7.96. The van der Waals surface area contributed by atoms with Crippen LogP contribution in [0.15, 0.2) is 68.5 Å². The zero-order valence-corrected chi connectivity index (χ0v) is 17.5. The maximum Gasteiger partial charge on any atom is 0.138 e. The van der Waals surface area contributed by atoms with E-state index in [1.54, 1.807) is 12.3 Å². The quantitative estimate of drug-likeness (QED) is 0.325. The van der Waals surface area contributed by atoms with E-state index in [4.69, 9.17) is 0 Å². The van der Waals surface area contributed by atoms with Crippen LogP contribution >= 0.6 is 31.9 Å². The molecule has 134 valence electrons. The number of aromatic hydroxyl groups is 1. The molecule has 0 saturated carbocycles. The minimum atomic E-state index is 0.160. The molecule has 0 aliphatic rings. The van der Waals surface area contributed by atoms with Crippen molar-refractivity contribution in [2.75, 3.05) is 0 Å². The molecule has 4 rings (SSSR count). The lowest BCUT2D eigenvalue weighted by molar-refractivity contribution is 0.471. The van der Waals surface area contributed by atoms with Crippen LogP contribution in [-0.2, 0) is 0 Å². The molecular weight excluding hydrogens is 470 g/mol. The maximum absolute atomic E-state index is 10.2. The van der Waals surface area contributed by atoms with Crippen LogP contribution in [0.3, 0.4) is 0 Å². The van der Waals surface area contributed by atoms with Gasteiger partial charge < -0.3 is 10.1 Å². The number of fused-ring (bicyclic) bond motifs is 1. The van der Waals surface area contributed by atoms with Gasteiger partial charge in [-0.05, 0) is 58.7 Å². The topological polar surface area (TPSA) is 61.3 Å². The van der Waals surface area contributed by atoms with Crippen LogP contribution in [0.4, 0.5) is 5.69 Å². The van der Waals surface area contributed by atoms with Gasteiger partial charge in [0.1, 0.15) is 11.6 Å². The van der Waals surface area contributed by atoms with E-state index < -0.39 is 0 Å². The summed E-state index contributed by atoms with van der Waals surface area (Å²) in [6.07, 6.45) is 1.66. The SMILES string of the molecule is Cc1ccc(-c2nc3ccccc3[nH]2)cc1N=Cc1cc(Br)cc(Br)c1O. The van der Waals surface area contributed by atoms with Gasteiger partial charge in [-0.25, -0.2) is 4.98 Å². The number of H-pyrrole nitrogens is 1. The molecule has 3 aromatic carbocycles. The number of benzene rings is 3. The normalized spacial score (nSPS) is 11.5. The molecule has 0 bridgehead atoms. The highest BCUT2D eigenvalue weighted by molar-refractivity contribution is 9.11. The Hall–Kier alpha value is -2.44. The number of aryl methyl sites for hydroxylation is 1. The molecule has 0 aliphatic heterocycles. The third-order valence-corrected chi connectivity index (χ3v) is 5.33. The van der Waals surface area contributed by atoms with Crippen LogP contribution in [-0.4, -0.2) is 21.3 Å². The van der Waals surface area contributed by atoms with Crippen LogP contribution < -0.4 is 0 Å². The fourth-order valence-electron chi connectivity index (χ4n) is 2.81. The van der Waals surface area contributed by atoms with E-state index in [1.807, 2.05) is 55.5 Å². The van der Waals surface area contributed by atoms with Crippen molar-refractivity contribution in [1.29, 1.82) is 0 Å². The van der Waals surface area contributed by atoms with Crippen molar-refractivity contribution in [1.82, 2.24) is 9.97 Å². The summed E-state index contributed by atoms with van der Waals surface area (Å²) in [7, 11) is 0. The van der Waals surface area contributed by atoms with Gasteiger partial charge in [-0.1, -0.05) is 40.2 Å². The number of para-hydroxylation sites is 2. The largest absolute Gasteiger partial charge is 0.506 e. The van der Waals surface area contributed by atoms with E-state index in [1.165, 1.54) is 0 Å². The highest BCUT2D eigenvalue weighted by Crippen LogP contribution is 2.32. The molecule has 4 nitrogen and oxygen atoms in total. The van der Waals surface area contributed by atoms with Gasteiger partial charge >= 0.3 is 0 Å². The van der Waals surface area contributed by atoms with Gasteiger partial charge in [0.25, 0.3) is 0 Å². The smallest absolute Gasteiger partial charge is 0.138 e. The Labute approximate surface area is 173 Å². The van der Waals surface area contributed by atoms with Crippen molar-refractivity contribution in [2.45, 2.75) is 6.92 Å². The first-order chi connectivity index (χ1) is 13.0. The Morgan fingerprint density at radius 2 is 1.89 bits per heavy atom. The Morgan fingerprint density at radius 3 is 2.70 bits per heavy atom. The van der Waals surface area contributed by atoms with Crippen molar-refractivity contribution in [3.8, 4) is 17.1 Å². The second-order valence-electron chi connectivity index (χ2n) is 6.19. The highest BCUT2D eigenvalue weighted by atomic mass is 79.9. The van der Waals surface area contributed by atoms with Gasteiger partial charge in [-0.3, -0.25) is 4.99 Å². The standard InChI is InChI=1S/C21H15Br2N3O/c1-12-6-7-13(21-25-17-4-2-3-5-18(17)26-21)9-19(12)24-11-14-8-15(22)10-16(23)20(14)27/h2-11,27H,1H3,(H,25,26). The molecule has 0 spiro atoms. The summed E-state index contributed by atoms with van der Waals surface area (Å²) in [5.41, 5.74) is 5.39. The summed E-state index contributed by atoms with van der Waals surface area (Å²) in [6.45, 7) is 2.01. The zero-order valence-electron chi connectivity index (χ0n) is 14.4. The van der Waals surface area contributed by atoms with Crippen molar-refractivity contribution in [2.24, 2.45) is 4.99 Å². The van der Waals surface area contributed by atoms with Crippen LogP contribution in [0, 0.1) is 6.92 Å². The molecule has 0 aliphatic carbocycles. The molecule has 27 heavy (non-hydrogen) atoms. The lowest BCUT2D eigenvalue weighted by atomic mass is 10.1. The number of halogens is 2. The van der Waals surface area contributed by atoms with Crippen LogP contribution in [0.1, 0.15) is 11.1 Å². The molecule has 2 N–H and O–H groups in total. The number of phenols is 1. The molecule has 0 fully saturated rings. The summed E-state index contributed by atoms with van der Waals surface area (Å²) >= 11 is 6.77. The van der Waals surface area contributed by atoms with Crippen molar-refractivity contribution in [3.05, 3.63) is 74.7 Å². The Balaban J connectivity index is 1.73. The van der Waals surface area contributed by atoms with E-state index in [-0.39, 0.29) is 5.75 Å². The molecule has 0 amide bonds. The first-order valence-corrected chi connectivity index (χ1v) is 9.88. The van der Waals surface area contributed by atoms with Gasteiger partial charge in [-0.2, -0.15) is 0 Å². The fraction of sp³-hybridized carbons (Fsp3) is 0.0476. The summed E-state index contributed by atoms with van der Waals surface area (Å²) in [4.78, 5) is 12.6. The van der Waals surface area contributed by atoms with Crippen LogP contribution in [0.25, 0.3) is 22.4 Å². The number of phenolic OH excluding ortho intramolecular Hbond substituents is 1. The first-order valence-electron chi connectivity index (χ1n) is 8.29. The van der Waals surface area contributed by atoms with E-state index in [0.717, 1.165) is 38.1 Å². The molecule has 1 aromatic heterocycles. The van der Waals surface area contributed by atoms with Crippen molar-refractivity contribution >= 4 is 54.8 Å². The highest BCUT2D eigenvalue weighted by Gasteiger charge is 2.08. The molecule has 0 radical (unpaired) electrons. The number of aliphatic imine (C=N–C) groups is 1. The predicted octanol–water partition coefficient (Wildman–Crippen LogP) is 6.52. The second kappa shape index (κ2) is 7.29. The van der Waals surface area contributed by atoms with Crippen molar-refractivity contribution in [3.63, 3.8) is 0 Å². The van der Waals surface area contributed by atoms with Crippen molar-refractivity contribution < 1.29 is 5.11 Å². The lowest BCUT2D eigenvalue weighted by Gasteiger charge is -2.05. The first kappa shape index (κ1) is 17.9. The van der Waals surface area contributed by atoms with Crippen LogP contribution in [0.2, 0.25) is 0 Å². The number of imidazole rings is 1. The summed E-state index contributed by atoms with van der Waals surface area (Å²) in [6, 6.07) is 17.6. The molecular formula is C21H15Br2N3O. The Kier molecular flexibility index (Phi) is 4.85. The molecule has 6 heteroatoms. The molecule has 0 saturated heterocycles. The molecule has 1 heterocycles. The molecule has 0 atom stereocenters. The minimum Gasteiger partial charge on any atom is -0.506 e. The number of aromatic amines is 1. The van der Waals surface area contributed by atoms with Gasteiger partial charge in [0.05, 0.1) is 21.2 Å². The lowest BCUT2D eigenvalue weighted by Crippen LogP contribution is -1.86. The number of nitrogens with zero attached hydrogens (tertiary/aromatic N) is 2. The monoisotopic (exact) mass is 483 g/mol. The fourth-order valence-corrected chi connectivity index (χ4v) is 4.07. The third kappa shape index (κ3) is 3.68. The molecule has 0 unspecified atom stereocenters. The number of rotatable bonds is 3. The van der Waals surface area contributed by atoms with E-state index in [9.17, 15) is 5.11 Å². The number of aromatic nitrogens is 2. The maximum atomic E-state index is 10.2. The predicted molar refractivity (Wildman–Crippen MR) is 117 cm³/mol. The zero-order chi connectivity index (χ0) is 19.0. The van der Waals surface area contributed by atoms with E-state index >= 15 is 0 Å². The van der Waals surface area contributed by atoms with Gasteiger partial charge in [0.2, 0.25) is 0 Å². The van der Waals surface area contributed by atoms with Gasteiger partial charge in [0, 0.05) is 21.8 Å². The van der Waals surface area contributed by atoms with E-state index in [0.29, 0.717) is 10.0 Å². The number of hydrogen-bond donors (Lipinski definition) is 2.